The molecule has 8 aromatic carbocycles. The number of fused-ring (bicyclic) bond motifs is 2. The average molecular weight is 615 g/mol. The van der Waals surface area contributed by atoms with Gasteiger partial charge in [0, 0.05) is 27.6 Å². The fraction of sp³-hybridized carbons (Fsp3) is 0.0652. The minimum absolute atomic E-state index is 0.189. The van der Waals surface area contributed by atoms with Gasteiger partial charge in [0.15, 0.2) is 0 Å². The Hall–Kier alpha value is -6.17. The molecule has 226 valence electrons. The molecule has 2 heteroatoms. The van der Waals surface area contributed by atoms with E-state index >= 15 is 0 Å². The lowest BCUT2D eigenvalue weighted by atomic mass is 9.81. The van der Waals surface area contributed by atoms with Gasteiger partial charge < -0.3 is 4.90 Å². The van der Waals surface area contributed by atoms with Gasteiger partial charge in [0.25, 0.3) is 0 Å². The van der Waals surface area contributed by atoms with E-state index in [9.17, 15) is 8.00 Å². The average Bonchev–Trinajstić information content (AvgIpc) is 3.40. The minimum Gasteiger partial charge on any atom is -0.309 e. The molecule has 0 N–H and O–H groups in total. The van der Waals surface area contributed by atoms with Crippen LogP contribution in [0.5, 0.6) is 0 Å². The lowest BCUT2D eigenvalue weighted by molar-refractivity contribution is 0.662. The van der Waals surface area contributed by atoms with E-state index in [1.165, 1.54) is 27.3 Å². The Morgan fingerprint density at radius 2 is 1.19 bits per heavy atom. The number of para-hydroxylation sites is 1. The lowest BCUT2D eigenvalue weighted by Gasteiger charge is -2.29. The van der Waals surface area contributed by atoms with E-state index in [1.807, 2.05) is 66.7 Å². The van der Waals surface area contributed by atoms with Gasteiger partial charge >= 0.3 is 0 Å². The van der Waals surface area contributed by atoms with Crippen molar-refractivity contribution in [3.8, 4) is 6.07 Å². The molecule has 0 spiro atoms. The Morgan fingerprint density at radius 1 is 0.583 bits per heavy atom. The summed E-state index contributed by atoms with van der Waals surface area (Å²) in [6, 6.07) is 52.1. The van der Waals surface area contributed by atoms with Crippen LogP contribution in [0.3, 0.4) is 0 Å². The van der Waals surface area contributed by atoms with Crippen molar-refractivity contribution in [3.05, 3.63) is 173 Å². The topological polar surface area (TPSA) is 27.0 Å². The zero-order chi connectivity index (χ0) is 34.1. The maximum absolute atomic E-state index is 9.77. The predicted molar refractivity (Wildman–Crippen MR) is 203 cm³/mol. The van der Waals surface area contributed by atoms with E-state index in [0.717, 1.165) is 55.1 Å². The van der Waals surface area contributed by atoms with Crippen molar-refractivity contribution in [2.24, 2.45) is 0 Å². The van der Waals surface area contributed by atoms with Gasteiger partial charge in [-0.1, -0.05) is 129 Å². The zero-order valence-electron chi connectivity index (χ0n) is 28.8. The molecule has 0 bridgehead atoms. The highest BCUT2D eigenvalue weighted by Gasteiger charge is 2.34. The summed E-state index contributed by atoms with van der Waals surface area (Å²) in [7, 11) is 0. The summed E-state index contributed by atoms with van der Waals surface area (Å²) in [5.41, 5.74) is 7.29. The minimum atomic E-state index is -0.215. The van der Waals surface area contributed by atoms with Gasteiger partial charge in [0.1, 0.15) is 0 Å². The van der Waals surface area contributed by atoms with Gasteiger partial charge in [0.2, 0.25) is 0 Å². The summed E-state index contributed by atoms with van der Waals surface area (Å²) < 4.78 is 19.4. The van der Waals surface area contributed by atoms with Crippen molar-refractivity contribution in [1.82, 2.24) is 0 Å². The Balaban J connectivity index is 1.31. The molecule has 2 nitrogen and oxygen atoms in total. The van der Waals surface area contributed by atoms with Crippen LogP contribution in [0.1, 0.15) is 44.4 Å². The third-order valence-corrected chi connectivity index (χ3v) is 10.0. The van der Waals surface area contributed by atoms with E-state index in [1.54, 1.807) is 0 Å². The highest BCUT2D eigenvalue weighted by atomic mass is 15.1. The molecule has 0 unspecified atom stereocenters. The molecule has 0 fully saturated rings. The van der Waals surface area contributed by atoms with Crippen LogP contribution < -0.4 is 4.90 Å². The first-order valence-corrected chi connectivity index (χ1v) is 16.3. The molecule has 0 saturated heterocycles. The second-order valence-corrected chi connectivity index (χ2v) is 13.1. The van der Waals surface area contributed by atoms with Crippen LogP contribution in [0.2, 0.25) is 0 Å². The van der Waals surface area contributed by atoms with Crippen LogP contribution in [0.15, 0.2) is 146 Å². The second kappa shape index (κ2) is 10.7. The molecular formula is C46H32N2. The molecular weight excluding hydrogens is 581 g/mol. The van der Waals surface area contributed by atoms with E-state index < -0.39 is 0 Å². The third-order valence-electron chi connectivity index (χ3n) is 10.0. The van der Waals surface area contributed by atoms with Crippen molar-refractivity contribution in [3.63, 3.8) is 0 Å². The van der Waals surface area contributed by atoms with Crippen molar-refractivity contribution < 1.29 is 2.74 Å². The molecule has 0 aliphatic heterocycles. The summed E-state index contributed by atoms with van der Waals surface area (Å²) in [6.07, 6.45) is 0. The first-order chi connectivity index (χ1) is 24.4. The van der Waals surface area contributed by atoms with Crippen molar-refractivity contribution in [2.75, 3.05) is 4.90 Å². The van der Waals surface area contributed by atoms with E-state index in [4.69, 9.17) is 0 Å². The molecule has 1 aliphatic rings. The molecule has 8 aromatic rings. The zero-order valence-corrected chi connectivity index (χ0v) is 26.8. The SMILES string of the molecule is [2H]/C(=C(/[2H])c1c2ccccc2c(N(c2ccccc2)c2ccc(C#N)cc2)c2ccccc12)c1cc2c3c(ccc4cccc(c43)C2(C)C)c1. The number of benzene rings is 8. The molecule has 0 atom stereocenters. The van der Waals surface area contributed by atoms with Crippen LogP contribution in [0.4, 0.5) is 17.1 Å². The summed E-state index contributed by atoms with van der Waals surface area (Å²) in [4.78, 5) is 2.23. The van der Waals surface area contributed by atoms with Gasteiger partial charge in [-0.25, -0.2) is 0 Å². The van der Waals surface area contributed by atoms with Gasteiger partial charge in [-0.3, -0.25) is 0 Å². The Labute approximate surface area is 283 Å². The van der Waals surface area contributed by atoms with Crippen LogP contribution in [-0.2, 0) is 5.41 Å². The molecule has 1 aliphatic carbocycles. The quantitative estimate of drug-likeness (QED) is 0.110. The molecule has 9 rings (SSSR count). The number of rotatable bonds is 5. The van der Waals surface area contributed by atoms with E-state index in [2.05, 4.69) is 104 Å². The van der Waals surface area contributed by atoms with Crippen LogP contribution in [-0.4, -0.2) is 0 Å². The first kappa shape index (κ1) is 26.0. The number of anilines is 3. The maximum atomic E-state index is 9.77. The van der Waals surface area contributed by atoms with Gasteiger partial charge in [-0.2, -0.15) is 5.26 Å². The van der Waals surface area contributed by atoms with Crippen LogP contribution >= 0.6 is 0 Å². The van der Waals surface area contributed by atoms with Gasteiger partial charge in [0.05, 0.1) is 20.1 Å². The van der Waals surface area contributed by atoms with Crippen molar-refractivity contribution in [1.29, 1.82) is 5.26 Å². The fourth-order valence-electron chi connectivity index (χ4n) is 7.76. The normalized spacial score (nSPS) is 14.3. The largest absolute Gasteiger partial charge is 0.309 e. The number of hydrogen-bond acceptors (Lipinski definition) is 2. The van der Waals surface area contributed by atoms with Gasteiger partial charge in [-0.05, 0) is 97.0 Å². The van der Waals surface area contributed by atoms with Crippen LogP contribution in [0.25, 0.3) is 55.2 Å². The molecule has 48 heavy (non-hydrogen) atoms. The van der Waals surface area contributed by atoms with Crippen molar-refractivity contribution >= 4 is 72.3 Å². The molecule has 0 heterocycles. The summed E-state index contributed by atoms with van der Waals surface area (Å²) in [5.74, 6) is 0. The Kier molecular flexibility index (Phi) is 5.78. The molecule has 0 amide bonds. The number of nitriles is 1. The summed E-state index contributed by atoms with van der Waals surface area (Å²) >= 11 is 0. The summed E-state index contributed by atoms with van der Waals surface area (Å²) in [6.45, 7) is 4.53. The highest BCUT2D eigenvalue weighted by molar-refractivity contribution is 6.19. The summed E-state index contributed by atoms with van der Waals surface area (Å²) in [5, 5.41) is 18.2. The third kappa shape index (κ3) is 4.18. The smallest absolute Gasteiger partial charge is 0.0991 e. The lowest BCUT2D eigenvalue weighted by Crippen LogP contribution is -2.15. The molecule has 0 radical (unpaired) electrons. The van der Waals surface area contributed by atoms with Crippen molar-refractivity contribution in [2.45, 2.75) is 19.3 Å². The van der Waals surface area contributed by atoms with Gasteiger partial charge in [-0.15, -0.1) is 0 Å². The number of nitrogens with zero attached hydrogens (tertiary/aromatic N) is 2. The first-order valence-electron chi connectivity index (χ1n) is 17.3. The standard InChI is InChI=1S/C46H32N2/c1-46(2)41-18-10-11-32-22-23-33-27-31(28-42(46)44(33)43(32)41)21-26-38-36-14-6-8-16-39(36)45(40-17-9-7-15-37(38)40)48(34-12-4-3-5-13-34)35-24-19-30(29-47)20-25-35/h3-28H,1-2H3/b26-21+/i21D,26D. The molecule has 0 aromatic heterocycles. The van der Waals surface area contributed by atoms with Crippen LogP contribution in [0, 0.1) is 11.3 Å². The predicted octanol–water partition coefficient (Wildman–Crippen LogP) is 12.5. The highest BCUT2D eigenvalue weighted by Crippen LogP contribution is 2.50. The Bertz CT molecular complexity index is 2700. The monoisotopic (exact) mass is 614 g/mol. The second-order valence-electron chi connectivity index (χ2n) is 13.1. The molecule has 0 saturated carbocycles. The maximum Gasteiger partial charge on any atom is 0.0991 e. The van der Waals surface area contributed by atoms with E-state index in [-0.39, 0.29) is 17.5 Å². The van der Waals surface area contributed by atoms with E-state index in [0.29, 0.717) is 5.56 Å². The Morgan fingerprint density at radius 3 is 1.88 bits per heavy atom. The number of hydrogen-bond donors (Lipinski definition) is 0. The fourth-order valence-corrected chi connectivity index (χ4v) is 7.76.